The Hall–Kier alpha value is -2.97. The topological polar surface area (TPSA) is 85.9 Å². The third-order valence-corrected chi connectivity index (χ3v) is 6.47. The molecular formula is C21H22N6OS. The number of fused-ring (bicyclic) bond motifs is 2. The summed E-state index contributed by atoms with van der Waals surface area (Å²) in [5.74, 6) is 0.678. The minimum absolute atomic E-state index is 0.0266. The second-order valence-corrected chi connectivity index (χ2v) is 8.54. The van der Waals surface area contributed by atoms with E-state index >= 15 is 0 Å². The predicted octanol–water partition coefficient (Wildman–Crippen LogP) is 3.74. The normalized spacial score (nSPS) is 15.8. The van der Waals surface area contributed by atoms with Gasteiger partial charge in [-0.15, -0.1) is 11.3 Å². The highest BCUT2D eigenvalue weighted by molar-refractivity contribution is 7.20. The smallest absolute Gasteiger partial charge is 0.261 e. The molecule has 1 saturated heterocycles. The van der Waals surface area contributed by atoms with Crippen LogP contribution in [-0.2, 0) is 0 Å². The maximum Gasteiger partial charge on any atom is 0.261 e. The number of H-pyrrole nitrogens is 1. The molecule has 0 aliphatic carbocycles. The van der Waals surface area contributed by atoms with E-state index in [1.54, 1.807) is 0 Å². The molecule has 4 aromatic rings. The van der Waals surface area contributed by atoms with Gasteiger partial charge in [-0.1, -0.05) is 6.07 Å². The van der Waals surface area contributed by atoms with Crippen LogP contribution in [-0.4, -0.2) is 51.9 Å². The molecule has 4 heterocycles. The van der Waals surface area contributed by atoms with Crippen LogP contribution in [0.4, 0.5) is 11.5 Å². The number of likely N-dealkylation sites (tertiary alicyclic amines) is 1. The van der Waals surface area contributed by atoms with Crippen molar-refractivity contribution in [2.45, 2.75) is 18.9 Å². The number of nitrogens with zero attached hydrogens (tertiary/aromatic N) is 3. The summed E-state index contributed by atoms with van der Waals surface area (Å²) >= 11 is 1.40. The SMILES string of the molecule is CN1CCC(NC(=O)c2cc3c(Nc4ccc5cc[nH]c5c4)ncnc3s2)CC1. The Morgan fingerprint density at radius 3 is 2.93 bits per heavy atom. The van der Waals surface area contributed by atoms with E-state index in [9.17, 15) is 4.79 Å². The molecule has 0 spiro atoms. The Bertz CT molecular complexity index is 1170. The Labute approximate surface area is 172 Å². The molecule has 1 aromatic carbocycles. The monoisotopic (exact) mass is 406 g/mol. The molecule has 0 atom stereocenters. The first kappa shape index (κ1) is 18.1. The van der Waals surface area contributed by atoms with Gasteiger partial charge in [0.1, 0.15) is 17.0 Å². The fourth-order valence-electron chi connectivity index (χ4n) is 3.74. The van der Waals surface area contributed by atoms with Gasteiger partial charge in [-0.25, -0.2) is 9.97 Å². The largest absolute Gasteiger partial charge is 0.361 e. The summed E-state index contributed by atoms with van der Waals surface area (Å²) in [5, 5.41) is 8.56. The van der Waals surface area contributed by atoms with E-state index in [0.717, 1.165) is 52.7 Å². The number of piperidine rings is 1. The zero-order valence-corrected chi connectivity index (χ0v) is 16.9. The van der Waals surface area contributed by atoms with Gasteiger partial charge in [-0.05, 0) is 62.6 Å². The maximum atomic E-state index is 12.8. The third-order valence-electron chi connectivity index (χ3n) is 5.42. The molecule has 0 unspecified atom stereocenters. The molecule has 0 radical (unpaired) electrons. The molecule has 1 aliphatic rings. The van der Waals surface area contributed by atoms with Crippen molar-refractivity contribution in [3.63, 3.8) is 0 Å². The lowest BCUT2D eigenvalue weighted by Crippen LogP contribution is -2.43. The van der Waals surface area contributed by atoms with E-state index in [0.29, 0.717) is 10.7 Å². The Morgan fingerprint density at radius 1 is 1.21 bits per heavy atom. The zero-order valence-electron chi connectivity index (χ0n) is 16.1. The molecular weight excluding hydrogens is 384 g/mol. The van der Waals surface area contributed by atoms with E-state index in [1.165, 1.54) is 17.7 Å². The van der Waals surface area contributed by atoms with Crippen LogP contribution in [0.2, 0.25) is 0 Å². The number of amides is 1. The summed E-state index contributed by atoms with van der Waals surface area (Å²) in [4.78, 5) is 28.5. The second-order valence-electron chi connectivity index (χ2n) is 7.51. The predicted molar refractivity (Wildman–Crippen MR) is 117 cm³/mol. The summed E-state index contributed by atoms with van der Waals surface area (Å²) in [6.45, 7) is 2.03. The van der Waals surface area contributed by atoms with Gasteiger partial charge in [0.25, 0.3) is 5.91 Å². The van der Waals surface area contributed by atoms with Crippen molar-refractivity contribution in [3.05, 3.63) is 47.7 Å². The molecule has 148 valence electrons. The highest BCUT2D eigenvalue weighted by Gasteiger charge is 2.21. The highest BCUT2D eigenvalue weighted by atomic mass is 32.1. The van der Waals surface area contributed by atoms with Crippen LogP contribution >= 0.6 is 11.3 Å². The number of carbonyl (C=O) groups excluding carboxylic acids is 1. The molecule has 1 amide bonds. The van der Waals surface area contributed by atoms with Gasteiger partial charge in [0, 0.05) is 23.4 Å². The minimum atomic E-state index is -0.0266. The molecule has 8 heteroatoms. The number of carbonyl (C=O) groups is 1. The van der Waals surface area contributed by atoms with Crippen LogP contribution < -0.4 is 10.6 Å². The van der Waals surface area contributed by atoms with Crippen molar-refractivity contribution < 1.29 is 4.79 Å². The summed E-state index contributed by atoms with van der Waals surface area (Å²) < 4.78 is 0. The first-order valence-corrected chi connectivity index (χ1v) is 10.6. The van der Waals surface area contributed by atoms with Gasteiger partial charge in [0.05, 0.1) is 10.3 Å². The van der Waals surface area contributed by atoms with Gasteiger partial charge < -0.3 is 20.5 Å². The Kier molecular flexibility index (Phi) is 4.65. The fraction of sp³-hybridized carbons (Fsp3) is 0.286. The molecule has 0 saturated carbocycles. The van der Waals surface area contributed by atoms with E-state index in [1.807, 2.05) is 30.5 Å². The maximum absolute atomic E-state index is 12.8. The lowest BCUT2D eigenvalue weighted by atomic mass is 10.1. The van der Waals surface area contributed by atoms with Crippen LogP contribution in [0.5, 0.6) is 0 Å². The van der Waals surface area contributed by atoms with Crippen LogP contribution in [0, 0.1) is 0 Å². The number of rotatable bonds is 4. The average Bonchev–Trinajstić information content (AvgIpc) is 3.36. The molecule has 3 aromatic heterocycles. The van der Waals surface area contributed by atoms with E-state index in [2.05, 4.69) is 43.6 Å². The molecule has 3 N–H and O–H groups in total. The zero-order chi connectivity index (χ0) is 19.8. The minimum Gasteiger partial charge on any atom is -0.361 e. The van der Waals surface area contributed by atoms with E-state index < -0.39 is 0 Å². The van der Waals surface area contributed by atoms with Gasteiger partial charge in [-0.2, -0.15) is 0 Å². The van der Waals surface area contributed by atoms with Crippen molar-refractivity contribution in [1.29, 1.82) is 0 Å². The third kappa shape index (κ3) is 3.68. The number of benzene rings is 1. The molecule has 0 bridgehead atoms. The molecule has 29 heavy (non-hydrogen) atoms. The van der Waals surface area contributed by atoms with Crippen molar-refractivity contribution in [2.24, 2.45) is 0 Å². The number of aromatic amines is 1. The lowest BCUT2D eigenvalue weighted by Gasteiger charge is -2.29. The van der Waals surface area contributed by atoms with Gasteiger partial charge >= 0.3 is 0 Å². The Morgan fingerprint density at radius 2 is 2.07 bits per heavy atom. The summed E-state index contributed by atoms with van der Waals surface area (Å²) in [6.07, 6.45) is 5.43. The number of nitrogens with one attached hydrogen (secondary N) is 3. The van der Waals surface area contributed by atoms with Crippen LogP contribution in [0.1, 0.15) is 22.5 Å². The van der Waals surface area contributed by atoms with Crippen LogP contribution in [0.25, 0.3) is 21.1 Å². The van der Waals surface area contributed by atoms with E-state index in [-0.39, 0.29) is 11.9 Å². The van der Waals surface area contributed by atoms with Crippen molar-refractivity contribution in [1.82, 2.24) is 25.2 Å². The van der Waals surface area contributed by atoms with Crippen molar-refractivity contribution in [3.8, 4) is 0 Å². The highest BCUT2D eigenvalue weighted by Crippen LogP contribution is 2.30. The van der Waals surface area contributed by atoms with Gasteiger partial charge in [0.2, 0.25) is 0 Å². The quantitative estimate of drug-likeness (QED) is 0.481. The summed E-state index contributed by atoms with van der Waals surface area (Å²) in [7, 11) is 2.12. The van der Waals surface area contributed by atoms with Gasteiger partial charge in [-0.3, -0.25) is 4.79 Å². The molecule has 1 aliphatic heterocycles. The van der Waals surface area contributed by atoms with E-state index in [4.69, 9.17) is 0 Å². The van der Waals surface area contributed by atoms with Crippen LogP contribution in [0.15, 0.2) is 42.9 Å². The molecule has 7 nitrogen and oxygen atoms in total. The number of aromatic nitrogens is 3. The molecule has 5 rings (SSSR count). The van der Waals surface area contributed by atoms with Crippen LogP contribution in [0.3, 0.4) is 0 Å². The van der Waals surface area contributed by atoms with Gasteiger partial charge in [0.15, 0.2) is 0 Å². The number of thiophene rings is 1. The Balaban J connectivity index is 1.38. The average molecular weight is 407 g/mol. The summed E-state index contributed by atoms with van der Waals surface area (Å²) in [5.41, 5.74) is 1.99. The van der Waals surface area contributed by atoms with Crippen molar-refractivity contribution in [2.75, 3.05) is 25.5 Å². The first-order chi connectivity index (χ1) is 14.2. The fourth-order valence-corrected chi connectivity index (χ4v) is 4.64. The standard InChI is InChI=1S/C21H22N6OS/c1-27-8-5-14(6-9-27)26-20(28)18-11-16-19(23-12-24-21(16)29-18)25-15-3-2-13-4-7-22-17(13)10-15/h2-4,7,10-12,14,22H,5-6,8-9H2,1H3,(H,26,28)(H,23,24,25). The number of hydrogen-bond donors (Lipinski definition) is 3. The number of hydrogen-bond acceptors (Lipinski definition) is 6. The number of anilines is 2. The first-order valence-electron chi connectivity index (χ1n) is 9.74. The summed E-state index contributed by atoms with van der Waals surface area (Å²) in [6, 6.07) is 10.3. The lowest BCUT2D eigenvalue weighted by molar-refractivity contribution is 0.0921. The molecule has 1 fully saturated rings. The van der Waals surface area contributed by atoms with Crippen molar-refractivity contribution >= 4 is 49.9 Å². The second kappa shape index (κ2) is 7.46.